The van der Waals surface area contributed by atoms with Gasteiger partial charge < -0.3 is 10.4 Å². The quantitative estimate of drug-likeness (QED) is 0.849. The van der Waals surface area contributed by atoms with E-state index in [4.69, 9.17) is 0 Å². The molecule has 0 saturated carbocycles. The second kappa shape index (κ2) is 7.87. The van der Waals surface area contributed by atoms with Crippen LogP contribution < -0.4 is 5.32 Å². The molecule has 0 aliphatic rings. The van der Waals surface area contributed by atoms with Crippen LogP contribution in [0.4, 0.5) is 0 Å². The maximum atomic E-state index is 12.2. The lowest BCUT2D eigenvalue weighted by Crippen LogP contribution is -2.22. The van der Waals surface area contributed by atoms with Crippen LogP contribution in [0.25, 0.3) is 0 Å². The third-order valence-electron chi connectivity index (χ3n) is 3.16. The molecule has 0 heterocycles. The maximum absolute atomic E-state index is 12.2. The van der Waals surface area contributed by atoms with Gasteiger partial charge in [0, 0.05) is 23.7 Å². The predicted octanol–water partition coefficient (Wildman–Crippen LogP) is 3.06. The summed E-state index contributed by atoms with van der Waals surface area (Å²) in [5.74, 6) is -0.647. The van der Waals surface area contributed by atoms with Crippen molar-refractivity contribution in [3.8, 4) is 5.75 Å². The number of aromatic hydroxyl groups is 1. The fourth-order valence-corrected chi connectivity index (χ4v) is 2.11. The van der Waals surface area contributed by atoms with Gasteiger partial charge in [-0.2, -0.15) is 0 Å². The van der Waals surface area contributed by atoms with Crippen LogP contribution in [-0.4, -0.2) is 22.6 Å². The molecule has 2 rings (SSSR count). The molecule has 0 aromatic heterocycles. The van der Waals surface area contributed by atoms with Gasteiger partial charge in [0.25, 0.3) is 5.91 Å². The van der Waals surface area contributed by atoms with Crippen molar-refractivity contribution in [1.29, 1.82) is 0 Å². The highest BCUT2D eigenvalue weighted by Crippen LogP contribution is 2.18. The van der Waals surface area contributed by atoms with Gasteiger partial charge in [-0.05, 0) is 37.3 Å². The van der Waals surface area contributed by atoms with E-state index in [0.717, 1.165) is 0 Å². The minimum absolute atomic E-state index is 0.0101. The van der Waals surface area contributed by atoms with Gasteiger partial charge in [-0.15, -0.1) is 0 Å². The Labute approximate surface area is 140 Å². The molecule has 24 heavy (non-hydrogen) atoms. The van der Waals surface area contributed by atoms with Crippen LogP contribution >= 0.6 is 0 Å². The minimum atomic E-state index is -0.397. The molecule has 0 aliphatic heterocycles. The topological polar surface area (TPSA) is 78.8 Å². The Bertz CT molecular complexity index is 808. The first-order valence-electron chi connectivity index (χ1n) is 7.39. The summed E-state index contributed by atoms with van der Waals surface area (Å²) < 4.78 is 0. The third-order valence-corrected chi connectivity index (χ3v) is 3.16. The molecular weight excluding hydrogens is 304 g/mol. The van der Waals surface area contributed by atoms with Crippen LogP contribution in [0.15, 0.2) is 71.4 Å². The zero-order valence-electron chi connectivity index (χ0n) is 13.5. The molecule has 0 atom stereocenters. The van der Waals surface area contributed by atoms with Crippen LogP contribution in [0.5, 0.6) is 5.75 Å². The maximum Gasteiger partial charge on any atom is 0.255 e. The van der Waals surface area contributed by atoms with E-state index in [2.05, 4.69) is 10.3 Å². The van der Waals surface area contributed by atoms with Crippen LogP contribution in [0.2, 0.25) is 0 Å². The smallest absolute Gasteiger partial charge is 0.255 e. The number of para-hydroxylation sites is 1. The minimum Gasteiger partial charge on any atom is -0.507 e. The second-order valence-electron chi connectivity index (χ2n) is 5.18. The average Bonchev–Trinajstić information content (AvgIpc) is 2.55. The SMILES string of the molecule is CC(=O)N=C(/C=C(\C)NC(=O)c1ccccc1)c1ccccc1O. The lowest BCUT2D eigenvalue weighted by Gasteiger charge is -2.08. The Kier molecular flexibility index (Phi) is 5.63. The highest BCUT2D eigenvalue weighted by Gasteiger charge is 2.10. The first-order valence-corrected chi connectivity index (χ1v) is 7.39. The van der Waals surface area contributed by atoms with Crippen LogP contribution in [0.3, 0.4) is 0 Å². The highest BCUT2D eigenvalue weighted by atomic mass is 16.3. The Morgan fingerprint density at radius 1 is 1.00 bits per heavy atom. The van der Waals surface area contributed by atoms with Gasteiger partial charge >= 0.3 is 0 Å². The summed E-state index contributed by atoms with van der Waals surface area (Å²) in [5.41, 5.74) is 1.73. The molecule has 0 radical (unpaired) electrons. The monoisotopic (exact) mass is 322 g/mol. The molecule has 0 fully saturated rings. The van der Waals surface area contributed by atoms with E-state index in [0.29, 0.717) is 16.8 Å². The van der Waals surface area contributed by atoms with E-state index in [1.165, 1.54) is 13.0 Å². The number of rotatable bonds is 4. The van der Waals surface area contributed by atoms with E-state index in [1.807, 2.05) is 6.07 Å². The predicted molar refractivity (Wildman–Crippen MR) is 93.0 cm³/mol. The van der Waals surface area contributed by atoms with Crippen LogP contribution in [0, 0.1) is 0 Å². The number of benzene rings is 2. The van der Waals surface area contributed by atoms with E-state index in [9.17, 15) is 14.7 Å². The highest BCUT2D eigenvalue weighted by molar-refractivity contribution is 6.14. The lowest BCUT2D eigenvalue weighted by atomic mass is 10.1. The molecule has 2 N–H and O–H groups in total. The molecular formula is C19H18N2O3. The van der Waals surface area contributed by atoms with E-state index in [1.54, 1.807) is 55.5 Å². The van der Waals surface area contributed by atoms with E-state index < -0.39 is 5.91 Å². The van der Waals surface area contributed by atoms with Gasteiger partial charge in [0.1, 0.15) is 5.75 Å². The van der Waals surface area contributed by atoms with Crippen molar-refractivity contribution < 1.29 is 14.7 Å². The third kappa shape index (κ3) is 4.64. The van der Waals surface area contributed by atoms with Crippen molar-refractivity contribution in [2.75, 3.05) is 0 Å². The molecule has 2 amide bonds. The lowest BCUT2D eigenvalue weighted by molar-refractivity contribution is -0.115. The molecule has 0 saturated heterocycles. The molecule has 2 aromatic rings. The second-order valence-corrected chi connectivity index (χ2v) is 5.18. The fourth-order valence-electron chi connectivity index (χ4n) is 2.11. The summed E-state index contributed by atoms with van der Waals surface area (Å²) in [4.78, 5) is 27.5. The van der Waals surface area contributed by atoms with Gasteiger partial charge in [0.2, 0.25) is 5.91 Å². The number of amides is 2. The normalized spacial score (nSPS) is 11.9. The summed E-state index contributed by atoms with van der Waals surface area (Å²) in [7, 11) is 0. The van der Waals surface area contributed by atoms with Gasteiger partial charge in [0.15, 0.2) is 0 Å². The van der Waals surface area contributed by atoms with Crippen molar-refractivity contribution in [3.05, 3.63) is 77.5 Å². The molecule has 122 valence electrons. The van der Waals surface area contributed by atoms with Gasteiger partial charge in [0.05, 0.1) is 5.71 Å². The number of allylic oxidation sites excluding steroid dienone is 2. The first kappa shape index (κ1) is 17.1. The standard InChI is InChI=1S/C19H18N2O3/c1-13(20-19(24)15-8-4-3-5-9-15)12-17(21-14(2)22)16-10-6-7-11-18(16)23/h3-12,23H,1-2H3,(H,20,24)/b13-12+,21-17?. The molecule has 0 unspecified atom stereocenters. The number of carbonyl (C=O) groups is 2. The number of phenols is 1. The first-order chi connectivity index (χ1) is 11.5. The number of nitrogens with zero attached hydrogens (tertiary/aromatic N) is 1. The van der Waals surface area contributed by atoms with Crippen LogP contribution in [0.1, 0.15) is 29.8 Å². The molecule has 0 aliphatic carbocycles. The van der Waals surface area contributed by atoms with Gasteiger partial charge in [-0.25, -0.2) is 4.99 Å². The van der Waals surface area contributed by atoms with Gasteiger partial charge in [-0.1, -0.05) is 30.3 Å². The molecule has 2 aromatic carbocycles. The van der Waals surface area contributed by atoms with Gasteiger partial charge in [-0.3, -0.25) is 9.59 Å². The van der Waals surface area contributed by atoms with Crippen molar-refractivity contribution in [2.24, 2.45) is 4.99 Å². The number of phenolic OH excluding ortho intramolecular Hbond substituents is 1. The molecule has 5 heteroatoms. The number of carbonyl (C=O) groups excluding carboxylic acids is 2. The zero-order valence-corrected chi connectivity index (χ0v) is 13.5. The summed E-state index contributed by atoms with van der Waals surface area (Å²) in [6.45, 7) is 3.02. The Morgan fingerprint density at radius 2 is 1.62 bits per heavy atom. The van der Waals surface area contributed by atoms with Crippen LogP contribution in [-0.2, 0) is 4.79 Å². The average molecular weight is 322 g/mol. The molecule has 5 nitrogen and oxygen atoms in total. The summed E-state index contributed by atoms with van der Waals surface area (Å²) in [6, 6.07) is 15.4. The summed E-state index contributed by atoms with van der Waals surface area (Å²) in [6.07, 6.45) is 1.55. The molecule has 0 bridgehead atoms. The van der Waals surface area contributed by atoms with E-state index in [-0.39, 0.29) is 17.4 Å². The number of nitrogens with one attached hydrogen (secondary N) is 1. The molecule has 0 spiro atoms. The van der Waals surface area contributed by atoms with Crippen molar-refractivity contribution in [1.82, 2.24) is 5.32 Å². The van der Waals surface area contributed by atoms with Crippen molar-refractivity contribution >= 4 is 17.5 Å². The summed E-state index contributed by atoms with van der Waals surface area (Å²) in [5, 5.41) is 12.7. The summed E-state index contributed by atoms with van der Waals surface area (Å²) >= 11 is 0. The zero-order chi connectivity index (χ0) is 17.5. The Balaban J connectivity index is 2.28. The number of aliphatic imine (C=N–C) groups is 1. The number of hydrogen-bond donors (Lipinski definition) is 2. The number of hydrogen-bond acceptors (Lipinski definition) is 3. The Morgan fingerprint density at radius 3 is 2.25 bits per heavy atom. The Hall–Kier alpha value is -3.21. The van der Waals surface area contributed by atoms with E-state index >= 15 is 0 Å². The van der Waals surface area contributed by atoms with Crippen molar-refractivity contribution in [2.45, 2.75) is 13.8 Å². The largest absolute Gasteiger partial charge is 0.507 e. The fraction of sp³-hybridized carbons (Fsp3) is 0.105. The van der Waals surface area contributed by atoms with Crippen molar-refractivity contribution in [3.63, 3.8) is 0 Å².